The van der Waals surface area contributed by atoms with Gasteiger partial charge in [-0.05, 0) is 35.5 Å². The minimum absolute atomic E-state index is 0.00859. The van der Waals surface area contributed by atoms with Crippen molar-refractivity contribution < 1.29 is 37.1 Å². The molecule has 0 radical (unpaired) electrons. The minimum Gasteiger partial charge on any atom is -0.368 e. The molecular formula is C24H36F3N5O5. The maximum Gasteiger partial charge on any atom is 0.471 e. The Morgan fingerprint density at radius 3 is 2.19 bits per heavy atom. The molecule has 13 heteroatoms. The summed E-state index contributed by atoms with van der Waals surface area (Å²) >= 11 is 0. The monoisotopic (exact) mass is 531 g/mol. The van der Waals surface area contributed by atoms with E-state index in [-0.39, 0.29) is 36.1 Å². The second-order valence-corrected chi connectivity index (χ2v) is 12.1. The molecule has 0 bridgehead atoms. The van der Waals surface area contributed by atoms with E-state index in [0.29, 0.717) is 13.0 Å². The molecule has 10 nitrogen and oxygen atoms in total. The first-order valence-electron chi connectivity index (χ1n) is 12.3. The molecule has 1 aliphatic carbocycles. The van der Waals surface area contributed by atoms with Gasteiger partial charge in [0.25, 0.3) is 0 Å². The molecule has 1 saturated carbocycles. The number of piperidine rings is 1. The molecule has 0 spiro atoms. The van der Waals surface area contributed by atoms with Gasteiger partial charge in [-0.15, -0.1) is 0 Å². The average molecular weight is 532 g/mol. The van der Waals surface area contributed by atoms with Crippen LogP contribution in [-0.4, -0.2) is 83.8 Å². The molecule has 2 aliphatic heterocycles. The van der Waals surface area contributed by atoms with Crippen LogP contribution in [-0.2, 0) is 24.0 Å². The van der Waals surface area contributed by atoms with Crippen molar-refractivity contribution in [3.05, 3.63) is 0 Å². The molecule has 208 valence electrons. The number of primary amides is 1. The van der Waals surface area contributed by atoms with Gasteiger partial charge in [-0.2, -0.15) is 13.2 Å². The Kier molecular flexibility index (Phi) is 7.34. The molecule has 0 aromatic rings. The van der Waals surface area contributed by atoms with Crippen molar-refractivity contribution in [2.75, 3.05) is 20.1 Å². The molecular weight excluding hydrogens is 495 g/mol. The fraction of sp³-hybridized carbons (Fsp3) is 0.792. The summed E-state index contributed by atoms with van der Waals surface area (Å²) in [5, 5.41) is 4.39. The van der Waals surface area contributed by atoms with E-state index < -0.39 is 59.3 Å². The maximum atomic E-state index is 13.5. The summed E-state index contributed by atoms with van der Waals surface area (Å²) < 4.78 is 38.9. The summed E-state index contributed by atoms with van der Waals surface area (Å²) in [5.41, 5.74) is 4.12. The van der Waals surface area contributed by atoms with Gasteiger partial charge >= 0.3 is 12.1 Å². The number of nitrogens with zero attached hydrogens (tertiary/aromatic N) is 2. The molecule has 2 heterocycles. The topological polar surface area (TPSA) is 142 Å². The quantitative estimate of drug-likeness (QED) is 0.436. The largest absolute Gasteiger partial charge is 0.471 e. The first-order chi connectivity index (χ1) is 16.8. The highest BCUT2D eigenvalue weighted by atomic mass is 19.4. The van der Waals surface area contributed by atoms with Crippen LogP contribution in [0.2, 0.25) is 0 Å². The number of nitrogens with one attached hydrogen (secondary N) is 2. The lowest BCUT2D eigenvalue weighted by molar-refractivity contribution is -0.176. The highest BCUT2D eigenvalue weighted by Crippen LogP contribution is 2.65. The van der Waals surface area contributed by atoms with E-state index in [2.05, 4.69) is 5.32 Å². The van der Waals surface area contributed by atoms with Crippen molar-refractivity contribution >= 4 is 29.5 Å². The fourth-order valence-electron chi connectivity index (χ4n) is 5.74. The van der Waals surface area contributed by atoms with Gasteiger partial charge < -0.3 is 26.2 Å². The van der Waals surface area contributed by atoms with Crippen molar-refractivity contribution in [3.63, 3.8) is 0 Å². The number of alkyl halides is 3. The summed E-state index contributed by atoms with van der Waals surface area (Å²) in [5.74, 6) is -5.56. The molecule has 3 rings (SSSR count). The summed E-state index contributed by atoms with van der Waals surface area (Å²) in [4.78, 5) is 66.0. The molecule has 3 fully saturated rings. The number of hydrogen-bond acceptors (Lipinski definition) is 5. The van der Waals surface area contributed by atoms with E-state index in [1.807, 2.05) is 13.8 Å². The van der Waals surface area contributed by atoms with Gasteiger partial charge in [0, 0.05) is 26.1 Å². The third-order valence-corrected chi connectivity index (χ3v) is 8.12. The van der Waals surface area contributed by atoms with Gasteiger partial charge in [0.2, 0.25) is 23.6 Å². The Morgan fingerprint density at radius 2 is 1.73 bits per heavy atom. The van der Waals surface area contributed by atoms with E-state index in [0.717, 1.165) is 0 Å². The van der Waals surface area contributed by atoms with Crippen molar-refractivity contribution in [1.29, 1.82) is 0 Å². The Labute approximate surface area is 213 Å². The Balaban J connectivity index is 1.83. The van der Waals surface area contributed by atoms with Gasteiger partial charge in [0.05, 0.1) is 0 Å². The van der Waals surface area contributed by atoms with Crippen LogP contribution in [0, 0.1) is 28.6 Å². The summed E-state index contributed by atoms with van der Waals surface area (Å²) in [6, 6.07) is -3.77. The van der Waals surface area contributed by atoms with Crippen molar-refractivity contribution in [1.82, 2.24) is 20.4 Å². The zero-order chi connectivity index (χ0) is 28.2. The number of carbonyl (C=O) groups is 5. The van der Waals surface area contributed by atoms with Gasteiger partial charge in [-0.25, -0.2) is 0 Å². The van der Waals surface area contributed by atoms with Gasteiger partial charge in [0.1, 0.15) is 18.1 Å². The number of rotatable bonds is 7. The van der Waals surface area contributed by atoms with Crippen LogP contribution in [0.25, 0.3) is 0 Å². The van der Waals surface area contributed by atoms with Crippen LogP contribution in [0.1, 0.15) is 47.5 Å². The van der Waals surface area contributed by atoms with Crippen molar-refractivity contribution in [3.8, 4) is 0 Å². The highest BCUT2D eigenvalue weighted by molar-refractivity contribution is 5.96. The molecule has 5 amide bonds. The van der Waals surface area contributed by atoms with Crippen LogP contribution in [0.3, 0.4) is 0 Å². The molecule has 3 aliphatic rings. The summed E-state index contributed by atoms with van der Waals surface area (Å²) in [7, 11) is 1.64. The lowest BCUT2D eigenvalue weighted by Gasteiger charge is -2.38. The first-order valence-corrected chi connectivity index (χ1v) is 12.3. The van der Waals surface area contributed by atoms with E-state index in [1.54, 1.807) is 12.4 Å². The predicted molar refractivity (Wildman–Crippen MR) is 125 cm³/mol. The van der Waals surface area contributed by atoms with Gasteiger partial charge in [-0.1, -0.05) is 34.6 Å². The Bertz CT molecular complexity index is 992. The van der Waals surface area contributed by atoms with Gasteiger partial charge in [0.15, 0.2) is 0 Å². The highest BCUT2D eigenvalue weighted by Gasteiger charge is 2.70. The summed E-state index contributed by atoms with van der Waals surface area (Å²) in [6.45, 7) is 9.04. The van der Waals surface area contributed by atoms with E-state index >= 15 is 0 Å². The number of halogens is 3. The number of hydrogen-bond donors (Lipinski definition) is 3. The van der Waals surface area contributed by atoms with Crippen LogP contribution in [0.15, 0.2) is 0 Å². The van der Waals surface area contributed by atoms with Gasteiger partial charge in [-0.3, -0.25) is 24.0 Å². The molecule has 1 unspecified atom stereocenters. The Hall–Kier alpha value is -2.86. The lowest BCUT2D eigenvalue weighted by Crippen LogP contribution is -2.61. The number of carbonyl (C=O) groups excluding carboxylic acids is 5. The molecule has 6 atom stereocenters. The smallest absolute Gasteiger partial charge is 0.368 e. The molecule has 4 N–H and O–H groups in total. The molecule has 0 aromatic carbocycles. The predicted octanol–water partition coefficient (Wildman–Crippen LogP) is 0.401. The standard InChI is InChI=1S/C24H36F3N5O5/c1-22(2,3)16(30-21(37)24(25,26)27)20(36)32-10-12-14(23(12,4)5)15(32)18(34)29-13(17(28)33)9-11-7-8-31(6)19(11)35/h11-16H,7-10H2,1-6H3,(H2,28,33)(H,29,34)(H,30,37)/t11-,12-,13?,14-,15-,16+/m0/s1. The zero-order valence-corrected chi connectivity index (χ0v) is 21.9. The van der Waals surface area contributed by atoms with Crippen molar-refractivity contribution in [2.24, 2.45) is 34.3 Å². The van der Waals surface area contributed by atoms with Crippen LogP contribution in [0.5, 0.6) is 0 Å². The molecule has 37 heavy (non-hydrogen) atoms. The number of likely N-dealkylation sites (tertiary alicyclic amines) is 2. The molecule has 0 aromatic heterocycles. The number of nitrogens with two attached hydrogens (primary N) is 1. The van der Waals surface area contributed by atoms with Crippen molar-refractivity contribution in [2.45, 2.75) is 71.8 Å². The fourth-order valence-corrected chi connectivity index (χ4v) is 5.74. The first kappa shape index (κ1) is 28.7. The zero-order valence-electron chi connectivity index (χ0n) is 21.9. The minimum atomic E-state index is -5.18. The number of fused-ring (bicyclic) bond motifs is 1. The van der Waals surface area contributed by atoms with Crippen LogP contribution >= 0.6 is 0 Å². The third-order valence-electron chi connectivity index (χ3n) is 8.12. The Morgan fingerprint density at radius 1 is 1.14 bits per heavy atom. The normalized spacial score (nSPS) is 28.4. The van der Waals surface area contributed by atoms with E-state index in [1.165, 1.54) is 30.6 Å². The van der Waals surface area contributed by atoms with E-state index in [9.17, 15) is 37.1 Å². The van der Waals surface area contributed by atoms with Crippen LogP contribution in [0.4, 0.5) is 13.2 Å². The van der Waals surface area contributed by atoms with E-state index in [4.69, 9.17) is 5.73 Å². The average Bonchev–Trinajstić information content (AvgIpc) is 3.07. The maximum absolute atomic E-state index is 13.5. The lowest BCUT2D eigenvalue weighted by atomic mass is 9.85. The molecule has 2 saturated heterocycles. The summed E-state index contributed by atoms with van der Waals surface area (Å²) in [6.07, 6.45) is -4.67. The number of amides is 5. The SMILES string of the molecule is CN1CC[C@@H](CC(NC(=O)[C@@H]2[C@@H]3[C@H](CN2C(=O)[C@@H](NC(=O)C(F)(F)F)C(C)(C)C)C3(C)C)C(N)=O)C1=O. The second kappa shape index (κ2) is 9.46. The van der Waals surface area contributed by atoms with Crippen LogP contribution < -0.4 is 16.4 Å². The third kappa shape index (κ3) is 5.54. The second-order valence-electron chi connectivity index (χ2n) is 12.1.